The van der Waals surface area contributed by atoms with Crippen molar-refractivity contribution in [3.8, 4) is 0 Å². The molecule has 0 saturated heterocycles. The van der Waals surface area contributed by atoms with Crippen LogP contribution in [0.4, 0.5) is 0 Å². The van der Waals surface area contributed by atoms with E-state index in [4.69, 9.17) is 4.74 Å². The number of hydrogen-bond donors (Lipinski definition) is 1. The zero-order valence-electron chi connectivity index (χ0n) is 10.0. The summed E-state index contributed by atoms with van der Waals surface area (Å²) < 4.78 is 5.44. The number of rotatable bonds is 9. The van der Waals surface area contributed by atoms with Gasteiger partial charge in [0.1, 0.15) is 0 Å². The molecular formula is C13H25NO. The van der Waals surface area contributed by atoms with Crippen LogP contribution in [0.1, 0.15) is 39.0 Å². The van der Waals surface area contributed by atoms with Crippen molar-refractivity contribution in [2.24, 2.45) is 5.92 Å². The molecule has 2 nitrogen and oxygen atoms in total. The zero-order chi connectivity index (χ0) is 10.9. The van der Waals surface area contributed by atoms with E-state index >= 15 is 0 Å². The Labute approximate surface area is 94.1 Å². The van der Waals surface area contributed by atoms with Crippen LogP contribution in [0.25, 0.3) is 0 Å². The van der Waals surface area contributed by atoms with Crippen LogP contribution >= 0.6 is 0 Å². The van der Waals surface area contributed by atoms with E-state index in [0.29, 0.717) is 6.04 Å². The van der Waals surface area contributed by atoms with Crippen LogP contribution in [-0.2, 0) is 4.74 Å². The molecule has 0 aliphatic heterocycles. The van der Waals surface area contributed by atoms with E-state index in [1.54, 1.807) is 0 Å². The summed E-state index contributed by atoms with van der Waals surface area (Å²) in [5, 5.41) is 3.51. The zero-order valence-corrected chi connectivity index (χ0v) is 10.0. The molecular weight excluding hydrogens is 186 g/mol. The summed E-state index contributed by atoms with van der Waals surface area (Å²) >= 11 is 0. The minimum Gasteiger partial charge on any atom is -0.380 e. The van der Waals surface area contributed by atoms with E-state index in [0.717, 1.165) is 32.1 Å². The molecule has 15 heavy (non-hydrogen) atoms. The Bertz CT molecular complexity index is 166. The standard InChI is InChI=1S/C13H25NO/c1-3-4-9-15-10-8-14-12(2)11-13-6-5-7-13/h3,12-14H,1,4-11H2,2H3. The quantitative estimate of drug-likeness (QED) is 0.468. The molecule has 0 amide bonds. The van der Waals surface area contributed by atoms with Gasteiger partial charge in [-0.25, -0.2) is 0 Å². The van der Waals surface area contributed by atoms with Gasteiger partial charge in [-0.2, -0.15) is 0 Å². The molecule has 0 spiro atoms. The topological polar surface area (TPSA) is 21.3 Å². The van der Waals surface area contributed by atoms with Gasteiger partial charge in [0, 0.05) is 12.6 Å². The third-order valence-electron chi connectivity index (χ3n) is 3.12. The summed E-state index contributed by atoms with van der Waals surface area (Å²) in [6, 6.07) is 0.651. The first-order chi connectivity index (χ1) is 7.33. The molecule has 88 valence electrons. The number of hydrogen-bond acceptors (Lipinski definition) is 2. The second kappa shape index (κ2) is 7.89. The Morgan fingerprint density at radius 3 is 2.87 bits per heavy atom. The predicted molar refractivity (Wildman–Crippen MR) is 65.1 cm³/mol. The average Bonchev–Trinajstić information content (AvgIpc) is 2.17. The van der Waals surface area contributed by atoms with Crippen molar-refractivity contribution < 1.29 is 4.74 Å². The summed E-state index contributed by atoms with van der Waals surface area (Å²) in [7, 11) is 0. The van der Waals surface area contributed by atoms with Crippen LogP contribution in [0.15, 0.2) is 12.7 Å². The smallest absolute Gasteiger partial charge is 0.0591 e. The van der Waals surface area contributed by atoms with Gasteiger partial charge in [0.15, 0.2) is 0 Å². The lowest BCUT2D eigenvalue weighted by Crippen LogP contribution is -2.32. The predicted octanol–water partition coefficient (Wildman–Crippen LogP) is 2.75. The fourth-order valence-corrected chi connectivity index (χ4v) is 1.96. The highest BCUT2D eigenvalue weighted by Gasteiger charge is 2.19. The first-order valence-electron chi connectivity index (χ1n) is 6.25. The number of nitrogens with one attached hydrogen (secondary N) is 1. The molecule has 0 heterocycles. The Hall–Kier alpha value is -0.340. The van der Waals surface area contributed by atoms with Gasteiger partial charge < -0.3 is 10.1 Å². The molecule has 2 heteroatoms. The van der Waals surface area contributed by atoms with Crippen molar-refractivity contribution in [1.82, 2.24) is 5.32 Å². The summed E-state index contributed by atoms with van der Waals surface area (Å²) in [5.41, 5.74) is 0. The highest BCUT2D eigenvalue weighted by Crippen LogP contribution is 2.30. The van der Waals surface area contributed by atoms with E-state index in [9.17, 15) is 0 Å². The van der Waals surface area contributed by atoms with E-state index in [1.165, 1.54) is 25.7 Å². The molecule has 0 bridgehead atoms. The van der Waals surface area contributed by atoms with E-state index in [-0.39, 0.29) is 0 Å². The molecule has 1 atom stereocenters. The van der Waals surface area contributed by atoms with Crippen molar-refractivity contribution >= 4 is 0 Å². The van der Waals surface area contributed by atoms with Crippen LogP contribution in [0, 0.1) is 5.92 Å². The normalized spacial score (nSPS) is 18.5. The first kappa shape index (κ1) is 12.7. The Morgan fingerprint density at radius 1 is 1.47 bits per heavy atom. The van der Waals surface area contributed by atoms with Gasteiger partial charge in [-0.3, -0.25) is 0 Å². The molecule has 0 radical (unpaired) electrons. The van der Waals surface area contributed by atoms with Gasteiger partial charge in [-0.15, -0.1) is 6.58 Å². The molecule has 1 aliphatic rings. The highest BCUT2D eigenvalue weighted by molar-refractivity contribution is 4.74. The molecule has 1 saturated carbocycles. The van der Waals surface area contributed by atoms with Crippen LogP contribution < -0.4 is 5.32 Å². The monoisotopic (exact) mass is 211 g/mol. The largest absolute Gasteiger partial charge is 0.380 e. The molecule has 1 N–H and O–H groups in total. The molecule has 1 fully saturated rings. The van der Waals surface area contributed by atoms with Crippen LogP contribution in [0.3, 0.4) is 0 Å². The van der Waals surface area contributed by atoms with Crippen molar-refractivity contribution in [1.29, 1.82) is 0 Å². The third-order valence-corrected chi connectivity index (χ3v) is 3.12. The molecule has 1 aliphatic carbocycles. The van der Waals surface area contributed by atoms with Crippen molar-refractivity contribution in [2.45, 2.75) is 45.1 Å². The SMILES string of the molecule is C=CCCOCCNC(C)CC1CCC1. The third kappa shape index (κ3) is 5.95. The van der Waals surface area contributed by atoms with Gasteiger partial charge in [-0.1, -0.05) is 25.3 Å². The fourth-order valence-electron chi connectivity index (χ4n) is 1.96. The van der Waals surface area contributed by atoms with Gasteiger partial charge in [0.2, 0.25) is 0 Å². The minimum atomic E-state index is 0.651. The lowest BCUT2D eigenvalue weighted by molar-refractivity contribution is 0.136. The average molecular weight is 211 g/mol. The number of ether oxygens (including phenoxy) is 1. The lowest BCUT2D eigenvalue weighted by Gasteiger charge is -2.28. The Morgan fingerprint density at radius 2 is 2.27 bits per heavy atom. The molecule has 1 rings (SSSR count). The van der Waals surface area contributed by atoms with Gasteiger partial charge in [0.25, 0.3) is 0 Å². The van der Waals surface area contributed by atoms with E-state index in [2.05, 4.69) is 18.8 Å². The van der Waals surface area contributed by atoms with Crippen molar-refractivity contribution in [3.63, 3.8) is 0 Å². The summed E-state index contributed by atoms with van der Waals surface area (Å²) in [4.78, 5) is 0. The summed E-state index contributed by atoms with van der Waals surface area (Å²) in [6.07, 6.45) is 8.53. The molecule has 1 unspecified atom stereocenters. The maximum atomic E-state index is 5.44. The highest BCUT2D eigenvalue weighted by atomic mass is 16.5. The second-order valence-electron chi connectivity index (χ2n) is 4.58. The van der Waals surface area contributed by atoms with E-state index < -0.39 is 0 Å². The second-order valence-corrected chi connectivity index (χ2v) is 4.58. The van der Waals surface area contributed by atoms with Gasteiger partial charge >= 0.3 is 0 Å². The fraction of sp³-hybridized carbons (Fsp3) is 0.846. The van der Waals surface area contributed by atoms with Crippen LogP contribution in [-0.4, -0.2) is 25.8 Å². The molecule has 0 aromatic heterocycles. The maximum absolute atomic E-state index is 5.44. The van der Waals surface area contributed by atoms with Crippen molar-refractivity contribution in [2.75, 3.05) is 19.8 Å². The van der Waals surface area contributed by atoms with Crippen LogP contribution in [0.5, 0.6) is 0 Å². The van der Waals surface area contributed by atoms with Crippen molar-refractivity contribution in [3.05, 3.63) is 12.7 Å². The molecule has 0 aromatic carbocycles. The lowest BCUT2D eigenvalue weighted by atomic mass is 9.81. The van der Waals surface area contributed by atoms with Gasteiger partial charge in [0.05, 0.1) is 13.2 Å². The van der Waals surface area contributed by atoms with Gasteiger partial charge in [-0.05, 0) is 25.7 Å². The Kier molecular flexibility index (Phi) is 6.69. The minimum absolute atomic E-state index is 0.651. The summed E-state index contributed by atoms with van der Waals surface area (Å²) in [6.45, 7) is 8.55. The summed E-state index contributed by atoms with van der Waals surface area (Å²) in [5.74, 6) is 0.995. The van der Waals surface area contributed by atoms with E-state index in [1.807, 2.05) is 6.08 Å². The maximum Gasteiger partial charge on any atom is 0.0591 e. The molecule has 0 aromatic rings. The first-order valence-corrected chi connectivity index (χ1v) is 6.25. The Balaban J connectivity index is 1.83. The van der Waals surface area contributed by atoms with Crippen LogP contribution in [0.2, 0.25) is 0 Å².